The van der Waals surface area contributed by atoms with Gasteiger partial charge in [-0.05, 0) is 44.1 Å². The van der Waals surface area contributed by atoms with Gasteiger partial charge in [-0.2, -0.15) is 5.10 Å². The van der Waals surface area contributed by atoms with Gasteiger partial charge in [0.25, 0.3) is 5.91 Å². The number of aryl methyl sites for hydroxylation is 1. The van der Waals surface area contributed by atoms with Crippen molar-refractivity contribution in [2.75, 3.05) is 32.8 Å². The molecule has 1 aromatic heterocycles. The van der Waals surface area contributed by atoms with Gasteiger partial charge < -0.3 is 14.5 Å². The predicted molar refractivity (Wildman–Crippen MR) is 108 cm³/mol. The van der Waals surface area contributed by atoms with Crippen LogP contribution < -0.4 is 0 Å². The number of piperidine rings is 1. The predicted octanol–water partition coefficient (Wildman–Crippen LogP) is 3.14. The second-order valence-electron chi connectivity index (χ2n) is 7.67. The number of hydrogen-bond acceptors (Lipinski definition) is 4. The Labute approximate surface area is 171 Å². The zero-order valence-electron chi connectivity index (χ0n) is 16.3. The Hall–Kier alpha value is -1.89. The molecule has 2 aliphatic rings. The SMILES string of the molecule is Cn1cc([C@H]2[C@H](CN3CCCCC3)OCCN2C(=O)c2cccc(Cl)c2)cn1. The molecule has 0 N–H and O–H groups in total. The summed E-state index contributed by atoms with van der Waals surface area (Å²) in [5.41, 5.74) is 1.62. The summed E-state index contributed by atoms with van der Waals surface area (Å²) in [5, 5.41) is 4.91. The molecular formula is C21H27ClN4O2. The molecule has 2 atom stereocenters. The standard InChI is InChI=1S/C21H27ClN4O2/c1-24-14-17(13-23-24)20-19(15-25-8-3-2-4-9-25)28-11-10-26(20)21(27)16-6-5-7-18(22)12-16/h5-7,12-14,19-20H,2-4,8-11,15H2,1H3/t19-,20-/m0/s1. The van der Waals surface area contributed by atoms with Crippen molar-refractivity contribution in [3.8, 4) is 0 Å². The number of amides is 1. The van der Waals surface area contributed by atoms with Gasteiger partial charge >= 0.3 is 0 Å². The van der Waals surface area contributed by atoms with E-state index in [1.165, 1.54) is 19.3 Å². The minimum absolute atomic E-state index is 0.0108. The van der Waals surface area contributed by atoms with Crippen molar-refractivity contribution in [1.82, 2.24) is 19.6 Å². The summed E-state index contributed by atoms with van der Waals surface area (Å²) in [5.74, 6) is -0.0108. The molecule has 2 fully saturated rings. The minimum Gasteiger partial charge on any atom is -0.373 e. The number of hydrogen-bond donors (Lipinski definition) is 0. The maximum absolute atomic E-state index is 13.4. The van der Waals surface area contributed by atoms with Gasteiger partial charge in [-0.15, -0.1) is 0 Å². The summed E-state index contributed by atoms with van der Waals surface area (Å²) in [6, 6.07) is 7.01. The summed E-state index contributed by atoms with van der Waals surface area (Å²) in [7, 11) is 1.90. The first-order valence-electron chi connectivity index (χ1n) is 10.0. The molecule has 150 valence electrons. The molecule has 0 aliphatic carbocycles. The van der Waals surface area contributed by atoms with Gasteiger partial charge in [-0.3, -0.25) is 9.48 Å². The summed E-state index contributed by atoms with van der Waals surface area (Å²) in [4.78, 5) is 17.7. The van der Waals surface area contributed by atoms with E-state index in [0.717, 1.165) is 25.2 Å². The first kappa shape index (κ1) is 19.4. The molecule has 2 aliphatic heterocycles. The monoisotopic (exact) mass is 402 g/mol. The van der Waals surface area contributed by atoms with Gasteiger partial charge in [-0.1, -0.05) is 24.1 Å². The minimum atomic E-state index is -0.157. The van der Waals surface area contributed by atoms with Crippen LogP contribution in [-0.2, 0) is 11.8 Å². The second kappa shape index (κ2) is 8.64. The van der Waals surface area contributed by atoms with E-state index < -0.39 is 0 Å². The van der Waals surface area contributed by atoms with Crippen LogP contribution in [0.15, 0.2) is 36.7 Å². The summed E-state index contributed by atoms with van der Waals surface area (Å²) < 4.78 is 7.98. The van der Waals surface area contributed by atoms with Crippen LogP contribution in [0, 0.1) is 0 Å². The van der Waals surface area contributed by atoms with Gasteiger partial charge in [0, 0.05) is 42.5 Å². The van der Waals surface area contributed by atoms with Crippen LogP contribution in [-0.4, -0.2) is 64.4 Å². The third-order valence-electron chi connectivity index (χ3n) is 5.64. The Morgan fingerprint density at radius 1 is 1.25 bits per heavy atom. The van der Waals surface area contributed by atoms with E-state index in [9.17, 15) is 4.79 Å². The number of likely N-dealkylation sites (tertiary alicyclic amines) is 1. The second-order valence-corrected chi connectivity index (χ2v) is 8.11. The van der Waals surface area contributed by atoms with E-state index in [-0.39, 0.29) is 18.1 Å². The molecule has 7 heteroatoms. The maximum atomic E-state index is 13.4. The van der Waals surface area contributed by atoms with Gasteiger partial charge in [0.2, 0.25) is 0 Å². The molecule has 0 saturated carbocycles. The fourth-order valence-electron chi connectivity index (χ4n) is 4.29. The average molecular weight is 403 g/mol. The summed E-state index contributed by atoms with van der Waals surface area (Å²) >= 11 is 6.13. The fraction of sp³-hybridized carbons (Fsp3) is 0.524. The maximum Gasteiger partial charge on any atom is 0.254 e. The molecule has 1 aromatic carbocycles. The molecule has 6 nitrogen and oxygen atoms in total. The van der Waals surface area contributed by atoms with Gasteiger partial charge in [0.1, 0.15) is 0 Å². The number of halogens is 1. The Balaban J connectivity index is 1.62. The Bertz CT molecular complexity index is 818. The topological polar surface area (TPSA) is 50.6 Å². The lowest BCUT2D eigenvalue weighted by Crippen LogP contribution is -2.52. The molecule has 2 aromatic rings. The molecule has 4 rings (SSSR count). The highest BCUT2D eigenvalue weighted by Gasteiger charge is 2.38. The molecule has 0 radical (unpaired) electrons. The van der Waals surface area contributed by atoms with Crippen LogP contribution in [0.1, 0.15) is 41.2 Å². The van der Waals surface area contributed by atoms with Crippen molar-refractivity contribution in [3.63, 3.8) is 0 Å². The van der Waals surface area contributed by atoms with Gasteiger partial charge in [-0.25, -0.2) is 0 Å². The van der Waals surface area contributed by atoms with Crippen molar-refractivity contribution >= 4 is 17.5 Å². The fourth-order valence-corrected chi connectivity index (χ4v) is 4.48. The van der Waals surface area contributed by atoms with Crippen LogP contribution in [0.5, 0.6) is 0 Å². The highest BCUT2D eigenvalue weighted by atomic mass is 35.5. The smallest absolute Gasteiger partial charge is 0.254 e. The number of nitrogens with zero attached hydrogens (tertiary/aromatic N) is 4. The zero-order valence-corrected chi connectivity index (χ0v) is 17.0. The highest BCUT2D eigenvalue weighted by molar-refractivity contribution is 6.30. The van der Waals surface area contributed by atoms with Gasteiger partial charge in [0.05, 0.1) is 24.9 Å². The molecule has 0 unspecified atom stereocenters. The normalized spacial score (nSPS) is 23.7. The van der Waals surface area contributed by atoms with Crippen LogP contribution in [0.4, 0.5) is 0 Å². The number of carbonyl (C=O) groups is 1. The lowest BCUT2D eigenvalue weighted by molar-refractivity contribution is -0.0741. The lowest BCUT2D eigenvalue weighted by atomic mass is 9.98. The Morgan fingerprint density at radius 3 is 2.79 bits per heavy atom. The van der Waals surface area contributed by atoms with Gasteiger partial charge in [0.15, 0.2) is 0 Å². The molecule has 28 heavy (non-hydrogen) atoms. The van der Waals surface area contributed by atoms with E-state index in [1.54, 1.807) is 16.8 Å². The highest BCUT2D eigenvalue weighted by Crippen LogP contribution is 2.32. The first-order valence-corrected chi connectivity index (χ1v) is 10.4. The van der Waals surface area contributed by atoms with E-state index in [0.29, 0.717) is 23.7 Å². The molecule has 3 heterocycles. The first-order chi connectivity index (χ1) is 13.6. The Morgan fingerprint density at radius 2 is 2.07 bits per heavy atom. The van der Waals surface area contributed by atoms with Crippen LogP contribution in [0.25, 0.3) is 0 Å². The van der Waals surface area contributed by atoms with Crippen molar-refractivity contribution in [1.29, 1.82) is 0 Å². The molecule has 0 spiro atoms. The van der Waals surface area contributed by atoms with E-state index in [1.807, 2.05) is 36.5 Å². The third-order valence-corrected chi connectivity index (χ3v) is 5.87. The number of carbonyl (C=O) groups excluding carboxylic acids is 1. The van der Waals surface area contributed by atoms with E-state index >= 15 is 0 Å². The summed E-state index contributed by atoms with van der Waals surface area (Å²) in [6.45, 7) is 4.13. The van der Waals surface area contributed by atoms with Crippen LogP contribution in [0.2, 0.25) is 5.02 Å². The van der Waals surface area contributed by atoms with Crippen molar-refractivity contribution in [3.05, 3.63) is 52.8 Å². The van der Waals surface area contributed by atoms with Crippen molar-refractivity contribution in [2.24, 2.45) is 7.05 Å². The molecule has 0 bridgehead atoms. The molecule has 1 amide bonds. The molecular weight excluding hydrogens is 376 g/mol. The van der Waals surface area contributed by atoms with E-state index in [4.69, 9.17) is 16.3 Å². The van der Waals surface area contributed by atoms with Crippen molar-refractivity contribution in [2.45, 2.75) is 31.4 Å². The Kier molecular flexibility index (Phi) is 5.99. The van der Waals surface area contributed by atoms with Crippen LogP contribution in [0.3, 0.4) is 0 Å². The number of rotatable bonds is 4. The lowest BCUT2D eigenvalue weighted by Gasteiger charge is -2.43. The summed E-state index contributed by atoms with van der Waals surface area (Å²) in [6.07, 6.45) is 7.53. The number of morpholine rings is 1. The zero-order chi connectivity index (χ0) is 19.5. The quantitative estimate of drug-likeness (QED) is 0.788. The number of aromatic nitrogens is 2. The van der Waals surface area contributed by atoms with Crippen LogP contribution >= 0.6 is 11.6 Å². The number of ether oxygens (including phenoxy) is 1. The average Bonchev–Trinajstić information content (AvgIpc) is 3.14. The number of benzene rings is 1. The van der Waals surface area contributed by atoms with Crippen molar-refractivity contribution < 1.29 is 9.53 Å². The van der Waals surface area contributed by atoms with E-state index in [2.05, 4.69) is 10.00 Å². The largest absolute Gasteiger partial charge is 0.373 e. The third kappa shape index (κ3) is 4.24. The molecule has 2 saturated heterocycles.